The molecule has 174 valence electrons. The minimum absolute atomic E-state index is 0.0625. The molecule has 0 unspecified atom stereocenters. The SMILES string of the molecule is Cc1ccc(NS(=O)(=O)c2ccc(NC(=O)c3ccc(NS(C)(=O)=O)c(C)c3)cc2)c(C)c1. The number of nitrogens with one attached hydrogen (secondary N) is 3. The molecule has 0 aliphatic rings. The molecule has 0 saturated heterocycles. The second-order valence-corrected chi connectivity index (χ2v) is 11.2. The number of carbonyl (C=O) groups excluding carboxylic acids is 1. The number of amides is 1. The molecule has 3 N–H and O–H groups in total. The van der Waals surface area contributed by atoms with Crippen LogP contribution < -0.4 is 14.8 Å². The highest BCUT2D eigenvalue weighted by Crippen LogP contribution is 2.23. The number of rotatable bonds is 7. The van der Waals surface area contributed by atoms with Crippen molar-refractivity contribution in [2.45, 2.75) is 25.7 Å². The van der Waals surface area contributed by atoms with Crippen LogP contribution in [-0.2, 0) is 20.0 Å². The summed E-state index contributed by atoms with van der Waals surface area (Å²) in [6.07, 6.45) is 1.05. The van der Waals surface area contributed by atoms with E-state index in [1.54, 1.807) is 19.1 Å². The Morgan fingerprint density at radius 1 is 0.727 bits per heavy atom. The molecule has 3 rings (SSSR count). The van der Waals surface area contributed by atoms with Crippen LogP contribution in [0.25, 0.3) is 0 Å². The largest absolute Gasteiger partial charge is 0.322 e. The van der Waals surface area contributed by atoms with Gasteiger partial charge in [0.1, 0.15) is 0 Å². The third-order valence-electron chi connectivity index (χ3n) is 4.83. The van der Waals surface area contributed by atoms with Crippen molar-refractivity contribution in [3.8, 4) is 0 Å². The number of sulfonamides is 2. The van der Waals surface area contributed by atoms with E-state index in [9.17, 15) is 21.6 Å². The first-order valence-electron chi connectivity index (χ1n) is 9.94. The molecule has 0 saturated carbocycles. The summed E-state index contributed by atoms with van der Waals surface area (Å²) in [6.45, 7) is 5.45. The van der Waals surface area contributed by atoms with E-state index in [2.05, 4.69) is 14.8 Å². The van der Waals surface area contributed by atoms with E-state index in [0.717, 1.165) is 17.4 Å². The van der Waals surface area contributed by atoms with Crippen LogP contribution in [0.2, 0.25) is 0 Å². The zero-order chi connectivity index (χ0) is 24.4. The van der Waals surface area contributed by atoms with Crippen molar-refractivity contribution in [1.82, 2.24) is 0 Å². The third kappa shape index (κ3) is 6.33. The molecule has 33 heavy (non-hydrogen) atoms. The quantitative estimate of drug-likeness (QED) is 0.464. The van der Waals surface area contributed by atoms with E-state index in [4.69, 9.17) is 0 Å². The highest BCUT2D eigenvalue weighted by atomic mass is 32.2. The Hall–Kier alpha value is -3.37. The summed E-state index contributed by atoms with van der Waals surface area (Å²) < 4.78 is 53.2. The molecule has 3 aromatic carbocycles. The Bertz CT molecular complexity index is 1410. The summed E-state index contributed by atoms with van der Waals surface area (Å²) in [5, 5.41) is 2.70. The Morgan fingerprint density at radius 2 is 1.30 bits per heavy atom. The van der Waals surface area contributed by atoms with E-state index in [1.807, 2.05) is 26.0 Å². The van der Waals surface area contributed by atoms with E-state index < -0.39 is 26.0 Å². The lowest BCUT2D eigenvalue weighted by Gasteiger charge is -2.12. The fourth-order valence-corrected chi connectivity index (χ4v) is 4.93. The monoisotopic (exact) mass is 487 g/mol. The van der Waals surface area contributed by atoms with Gasteiger partial charge in [-0.3, -0.25) is 14.2 Å². The highest BCUT2D eigenvalue weighted by molar-refractivity contribution is 7.92. The van der Waals surface area contributed by atoms with Gasteiger partial charge in [0.15, 0.2) is 0 Å². The molecular formula is C23H25N3O5S2. The van der Waals surface area contributed by atoms with Gasteiger partial charge in [0.2, 0.25) is 10.0 Å². The lowest BCUT2D eigenvalue weighted by molar-refractivity contribution is 0.102. The predicted molar refractivity (Wildman–Crippen MR) is 131 cm³/mol. The van der Waals surface area contributed by atoms with Gasteiger partial charge in [-0.05, 0) is 80.4 Å². The van der Waals surface area contributed by atoms with Crippen molar-refractivity contribution in [2.75, 3.05) is 21.0 Å². The lowest BCUT2D eigenvalue weighted by Crippen LogP contribution is -2.15. The maximum Gasteiger partial charge on any atom is 0.261 e. The Morgan fingerprint density at radius 3 is 1.88 bits per heavy atom. The first-order chi connectivity index (χ1) is 15.3. The van der Waals surface area contributed by atoms with Gasteiger partial charge in [-0.1, -0.05) is 17.7 Å². The predicted octanol–water partition coefficient (Wildman–Crippen LogP) is 4.04. The Labute approximate surface area is 194 Å². The smallest absolute Gasteiger partial charge is 0.261 e. The first-order valence-corrected chi connectivity index (χ1v) is 13.3. The summed E-state index contributed by atoms with van der Waals surface area (Å²) in [7, 11) is -7.22. The molecule has 3 aromatic rings. The summed E-state index contributed by atoms with van der Waals surface area (Å²) >= 11 is 0. The molecule has 0 spiro atoms. The average molecular weight is 488 g/mol. The van der Waals surface area contributed by atoms with Crippen LogP contribution in [0.3, 0.4) is 0 Å². The zero-order valence-corrected chi connectivity index (χ0v) is 20.3. The van der Waals surface area contributed by atoms with Crippen LogP contribution >= 0.6 is 0 Å². The molecule has 0 aromatic heterocycles. The van der Waals surface area contributed by atoms with Crippen molar-refractivity contribution < 1.29 is 21.6 Å². The van der Waals surface area contributed by atoms with Gasteiger partial charge in [-0.15, -0.1) is 0 Å². The van der Waals surface area contributed by atoms with Crippen molar-refractivity contribution >= 4 is 43.0 Å². The maximum atomic E-state index is 12.7. The van der Waals surface area contributed by atoms with Gasteiger partial charge < -0.3 is 5.32 Å². The summed E-state index contributed by atoms with van der Waals surface area (Å²) in [6, 6.07) is 15.8. The molecule has 0 aliphatic carbocycles. The molecule has 10 heteroatoms. The number of aryl methyl sites for hydroxylation is 3. The topological polar surface area (TPSA) is 121 Å². The normalized spacial score (nSPS) is 11.6. The third-order valence-corrected chi connectivity index (χ3v) is 6.80. The van der Waals surface area contributed by atoms with Crippen LogP contribution in [0, 0.1) is 20.8 Å². The molecule has 0 fully saturated rings. The van der Waals surface area contributed by atoms with E-state index >= 15 is 0 Å². The molecule has 1 amide bonds. The number of hydrogen-bond donors (Lipinski definition) is 3. The molecule has 0 heterocycles. The van der Waals surface area contributed by atoms with Crippen LogP contribution in [-0.4, -0.2) is 29.0 Å². The summed E-state index contributed by atoms with van der Waals surface area (Å²) in [5.41, 5.74) is 4.08. The zero-order valence-electron chi connectivity index (χ0n) is 18.6. The number of hydrogen-bond acceptors (Lipinski definition) is 5. The minimum atomic E-state index is -3.79. The second kappa shape index (κ2) is 9.24. The fraction of sp³-hybridized carbons (Fsp3) is 0.174. The Kier molecular flexibility index (Phi) is 6.80. The molecule has 0 aliphatic heterocycles. The Balaban J connectivity index is 1.72. The first kappa shape index (κ1) is 24.3. The maximum absolute atomic E-state index is 12.7. The van der Waals surface area contributed by atoms with Crippen molar-refractivity contribution in [3.05, 3.63) is 82.9 Å². The number of benzene rings is 3. The van der Waals surface area contributed by atoms with E-state index in [1.165, 1.54) is 36.4 Å². The van der Waals surface area contributed by atoms with E-state index in [-0.39, 0.29) is 4.90 Å². The van der Waals surface area contributed by atoms with Crippen LogP contribution in [0.4, 0.5) is 17.1 Å². The molecule has 8 nitrogen and oxygen atoms in total. The van der Waals surface area contributed by atoms with E-state index in [0.29, 0.717) is 28.2 Å². The van der Waals surface area contributed by atoms with Gasteiger partial charge in [0.25, 0.3) is 15.9 Å². The summed E-state index contributed by atoms with van der Waals surface area (Å²) in [5.74, 6) is -0.409. The standard InChI is InChI=1S/C23H25N3O5S2/c1-15-5-11-22(16(2)13-15)26-33(30,31)20-9-7-19(8-10-20)24-23(27)18-6-12-21(17(3)14-18)25-32(4,28)29/h5-14,25-26H,1-4H3,(H,24,27). The van der Waals surface area contributed by atoms with Gasteiger partial charge in [-0.2, -0.15) is 0 Å². The second-order valence-electron chi connectivity index (χ2n) is 7.81. The van der Waals surface area contributed by atoms with Crippen LogP contribution in [0.1, 0.15) is 27.0 Å². The highest BCUT2D eigenvalue weighted by Gasteiger charge is 2.16. The van der Waals surface area contributed by atoms with Crippen molar-refractivity contribution in [3.63, 3.8) is 0 Å². The van der Waals surface area contributed by atoms with Crippen molar-refractivity contribution in [1.29, 1.82) is 0 Å². The lowest BCUT2D eigenvalue weighted by atomic mass is 10.1. The number of anilines is 3. The van der Waals surface area contributed by atoms with Crippen molar-refractivity contribution in [2.24, 2.45) is 0 Å². The van der Waals surface area contributed by atoms with Gasteiger partial charge >= 0.3 is 0 Å². The number of carbonyl (C=O) groups is 1. The molecule has 0 bridgehead atoms. The average Bonchev–Trinajstić information content (AvgIpc) is 2.71. The van der Waals surface area contributed by atoms with Gasteiger partial charge in [0, 0.05) is 11.3 Å². The molecule has 0 atom stereocenters. The summed E-state index contributed by atoms with van der Waals surface area (Å²) in [4.78, 5) is 12.6. The van der Waals surface area contributed by atoms with Crippen LogP contribution in [0.5, 0.6) is 0 Å². The molecular weight excluding hydrogens is 462 g/mol. The molecule has 0 radical (unpaired) electrons. The fourth-order valence-electron chi connectivity index (χ4n) is 3.17. The van der Waals surface area contributed by atoms with Gasteiger partial charge in [0.05, 0.1) is 22.5 Å². The van der Waals surface area contributed by atoms with Crippen LogP contribution in [0.15, 0.2) is 65.6 Å². The van der Waals surface area contributed by atoms with Gasteiger partial charge in [-0.25, -0.2) is 16.8 Å². The minimum Gasteiger partial charge on any atom is -0.322 e.